The molecule has 35 heavy (non-hydrogen) atoms. The molecule has 2 unspecified atom stereocenters. The number of hydrogen-bond donors (Lipinski definition) is 2. The van der Waals surface area contributed by atoms with Crippen molar-refractivity contribution in [3.63, 3.8) is 0 Å². The summed E-state index contributed by atoms with van der Waals surface area (Å²) >= 11 is 0. The Morgan fingerprint density at radius 2 is 1.49 bits per heavy atom. The van der Waals surface area contributed by atoms with Crippen LogP contribution in [0.5, 0.6) is 5.75 Å². The van der Waals surface area contributed by atoms with Crippen molar-refractivity contribution in [2.24, 2.45) is 17.8 Å². The fraction of sp³-hybridized carbons (Fsp3) is 0.533. The van der Waals surface area contributed by atoms with Crippen LogP contribution in [-0.4, -0.2) is 37.3 Å². The molecule has 0 aromatic heterocycles. The number of rotatable bonds is 9. The van der Waals surface area contributed by atoms with Gasteiger partial charge in [-0.1, -0.05) is 54.3 Å². The van der Waals surface area contributed by atoms with Gasteiger partial charge in [0.25, 0.3) is 0 Å². The molecule has 4 aliphatic rings. The van der Waals surface area contributed by atoms with Crippen molar-refractivity contribution >= 4 is 0 Å². The molecule has 0 aliphatic heterocycles. The van der Waals surface area contributed by atoms with Crippen LogP contribution in [0.4, 0.5) is 0 Å². The van der Waals surface area contributed by atoms with Crippen LogP contribution >= 0.6 is 0 Å². The monoisotopic (exact) mass is 476 g/mol. The van der Waals surface area contributed by atoms with Gasteiger partial charge in [0.2, 0.25) is 0 Å². The molecule has 0 saturated heterocycles. The van der Waals surface area contributed by atoms with Crippen molar-refractivity contribution in [1.29, 1.82) is 0 Å². The summed E-state index contributed by atoms with van der Waals surface area (Å²) in [7, 11) is 1.65. The van der Waals surface area contributed by atoms with Gasteiger partial charge in [-0.25, -0.2) is 0 Å². The predicted octanol–water partition coefficient (Wildman–Crippen LogP) is 4.92. The number of methoxy groups -OCH3 is 1. The lowest BCUT2D eigenvalue weighted by atomic mass is 9.48. The van der Waals surface area contributed by atoms with E-state index in [1.54, 1.807) is 7.11 Å². The quantitative estimate of drug-likeness (QED) is 0.305. The summed E-state index contributed by atoms with van der Waals surface area (Å²) in [4.78, 5) is 0. The molecule has 6 rings (SSSR count). The first-order valence-corrected chi connectivity index (χ1v) is 12.8. The molecule has 0 amide bonds. The van der Waals surface area contributed by atoms with Gasteiger partial charge in [-0.05, 0) is 78.9 Å². The van der Waals surface area contributed by atoms with Gasteiger partial charge in [-0.3, -0.25) is 0 Å². The van der Waals surface area contributed by atoms with Gasteiger partial charge in [0, 0.05) is 12.7 Å². The number of ether oxygens (including phenoxy) is 3. The van der Waals surface area contributed by atoms with Crippen LogP contribution in [0.1, 0.15) is 67.4 Å². The van der Waals surface area contributed by atoms with Crippen LogP contribution in [0.3, 0.4) is 0 Å². The molecule has 4 saturated carbocycles. The van der Waals surface area contributed by atoms with Crippen LogP contribution in [0, 0.1) is 29.6 Å². The summed E-state index contributed by atoms with van der Waals surface area (Å²) in [5.41, 5.74) is 2.79. The van der Waals surface area contributed by atoms with E-state index in [2.05, 4.69) is 17.9 Å². The van der Waals surface area contributed by atoms with Crippen LogP contribution in [0.25, 0.3) is 0 Å². The largest absolute Gasteiger partial charge is 0.467 e. The van der Waals surface area contributed by atoms with Gasteiger partial charge in [0.05, 0.1) is 13.2 Å². The molecular formula is C30H36O5. The summed E-state index contributed by atoms with van der Waals surface area (Å²) in [6.07, 6.45) is 5.86. The van der Waals surface area contributed by atoms with Crippen molar-refractivity contribution < 1.29 is 24.4 Å². The average Bonchev–Trinajstić information content (AvgIpc) is 2.86. The first kappa shape index (κ1) is 24.3. The van der Waals surface area contributed by atoms with Crippen LogP contribution in [0.15, 0.2) is 48.5 Å². The molecule has 2 N–H and O–H groups in total. The fourth-order valence-corrected chi connectivity index (χ4v) is 6.97. The van der Waals surface area contributed by atoms with E-state index in [1.807, 2.05) is 42.5 Å². The minimum atomic E-state index is -1.02. The average molecular weight is 477 g/mol. The molecule has 0 heterocycles. The highest BCUT2D eigenvalue weighted by atomic mass is 16.7. The van der Waals surface area contributed by atoms with Crippen LogP contribution in [-0.2, 0) is 14.9 Å². The van der Waals surface area contributed by atoms with Gasteiger partial charge >= 0.3 is 0 Å². The maximum absolute atomic E-state index is 10.8. The predicted molar refractivity (Wildman–Crippen MR) is 134 cm³/mol. The van der Waals surface area contributed by atoms with Crippen molar-refractivity contribution in [2.45, 2.75) is 56.1 Å². The summed E-state index contributed by atoms with van der Waals surface area (Å²) < 4.78 is 16.8. The van der Waals surface area contributed by atoms with Crippen molar-refractivity contribution in [3.8, 4) is 17.6 Å². The topological polar surface area (TPSA) is 68.2 Å². The molecule has 2 aromatic rings. The molecular weight excluding hydrogens is 440 g/mol. The number of aliphatic hydroxyl groups is 2. The fourth-order valence-electron chi connectivity index (χ4n) is 6.97. The van der Waals surface area contributed by atoms with E-state index in [-0.39, 0.29) is 12.2 Å². The Morgan fingerprint density at radius 1 is 0.857 bits per heavy atom. The van der Waals surface area contributed by atoms with Crippen LogP contribution < -0.4 is 4.74 Å². The number of aliphatic hydroxyl groups excluding tert-OH is 2. The van der Waals surface area contributed by atoms with Gasteiger partial charge in [-0.2, -0.15) is 0 Å². The van der Waals surface area contributed by atoms with E-state index in [1.165, 1.54) is 44.1 Å². The highest BCUT2D eigenvalue weighted by Gasteiger charge is 2.52. The third kappa shape index (κ3) is 5.42. The zero-order chi connectivity index (χ0) is 24.3. The Balaban J connectivity index is 1.38. The van der Waals surface area contributed by atoms with Crippen molar-refractivity contribution in [2.75, 3.05) is 27.1 Å². The van der Waals surface area contributed by atoms with Gasteiger partial charge in [0.15, 0.2) is 6.79 Å². The SMILES string of the molecule is COCCOCOc1cc(C(O)C#CC(O)c2ccccc2)ccc1C12CC3CC(CC(C3)C1)C2. The summed E-state index contributed by atoms with van der Waals surface area (Å²) in [6, 6.07) is 15.3. The number of benzene rings is 2. The molecule has 0 radical (unpaired) electrons. The Morgan fingerprint density at radius 3 is 2.11 bits per heavy atom. The Bertz CT molecular complexity index is 1020. The standard InChI is InChI=1S/C30H36O5/c1-33-11-12-34-20-35-29-16-25(28(32)10-9-27(31)24-5-3-2-4-6-24)7-8-26(29)30-17-21-13-22(18-30)15-23(14-21)19-30/h2-8,16,21-23,27-28,31-32H,11-15,17-20H2,1H3. The van der Waals surface area contributed by atoms with Crippen molar-refractivity contribution in [3.05, 3.63) is 65.2 Å². The van der Waals surface area contributed by atoms with E-state index < -0.39 is 12.2 Å². The normalized spacial score (nSPS) is 28.3. The first-order chi connectivity index (χ1) is 17.1. The smallest absolute Gasteiger partial charge is 0.189 e. The van der Waals surface area contributed by atoms with Crippen molar-refractivity contribution in [1.82, 2.24) is 0 Å². The zero-order valence-corrected chi connectivity index (χ0v) is 20.5. The van der Waals surface area contributed by atoms with Gasteiger partial charge < -0.3 is 24.4 Å². The second-order valence-corrected chi connectivity index (χ2v) is 10.6. The third-order valence-electron chi connectivity index (χ3n) is 8.13. The second kappa shape index (κ2) is 10.7. The summed E-state index contributed by atoms with van der Waals surface area (Å²) in [6.45, 7) is 1.12. The van der Waals surface area contributed by atoms with E-state index in [0.717, 1.165) is 23.5 Å². The minimum absolute atomic E-state index is 0.140. The van der Waals surface area contributed by atoms with E-state index >= 15 is 0 Å². The highest BCUT2D eigenvalue weighted by molar-refractivity contribution is 5.46. The second-order valence-electron chi connectivity index (χ2n) is 10.6. The lowest BCUT2D eigenvalue weighted by Crippen LogP contribution is -2.48. The Kier molecular flexibility index (Phi) is 7.45. The maximum atomic E-state index is 10.8. The molecule has 4 fully saturated rings. The lowest BCUT2D eigenvalue weighted by molar-refractivity contribution is -0.0190. The van der Waals surface area contributed by atoms with Gasteiger partial charge in [-0.15, -0.1) is 0 Å². The Labute approximate surface area is 208 Å². The molecule has 0 spiro atoms. The molecule has 4 bridgehead atoms. The lowest BCUT2D eigenvalue weighted by Gasteiger charge is -2.57. The molecule has 186 valence electrons. The minimum Gasteiger partial charge on any atom is -0.467 e. The summed E-state index contributed by atoms with van der Waals surface area (Å²) in [5, 5.41) is 21.2. The zero-order valence-electron chi connectivity index (χ0n) is 20.5. The highest BCUT2D eigenvalue weighted by Crippen LogP contribution is 2.62. The van der Waals surface area contributed by atoms with Gasteiger partial charge in [0.1, 0.15) is 18.0 Å². The molecule has 5 nitrogen and oxygen atoms in total. The molecule has 5 heteroatoms. The summed E-state index contributed by atoms with van der Waals surface area (Å²) in [5.74, 6) is 8.85. The van der Waals surface area contributed by atoms with E-state index in [4.69, 9.17) is 14.2 Å². The van der Waals surface area contributed by atoms with E-state index in [0.29, 0.717) is 24.3 Å². The molecule has 2 atom stereocenters. The maximum Gasteiger partial charge on any atom is 0.189 e. The number of hydrogen-bond acceptors (Lipinski definition) is 5. The third-order valence-corrected chi connectivity index (χ3v) is 8.13. The molecule has 4 aliphatic carbocycles. The molecule has 2 aromatic carbocycles. The van der Waals surface area contributed by atoms with Crippen LogP contribution in [0.2, 0.25) is 0 Å². The van der Waals surface area contributed by atoms with E-state index in [9.17, 15) is 10.2 Å². The Hall–Kier alpha value is -2.36. The first-order valence-electron chi connectivity index (χ1n) is 12.8.